The Kier molecular flexibility index (Phi) is 14.2. The Morgan fingerprint density at radius 2 is 1.70 bits per heavy atom. The maximum atomic E-state index is 14.7. The van der Waals surface area contributed by atoms with Crippen LogP contribution in [-0.4, -0.2) is 97.8 Å². The van der Waals surface area contributed by atoms with E-state index in [4.69, 9.17) is 30.6 Å². The van der Waals surface area contributed by atoms with E-state index >= 15 is 0 Å². The van der Waals surface area contributed by atoms with Crippen LogP contribution in [-0.2, 0) is 30.6 Å². The zero-order valence-electron chi connectivity index (χ0n) is 32.4. The van der Waals surface area contributed by atoms with Crippen LogP contribution in [0, 0.1) is 5.41 Å². The Labute approximate surface area is 333 Å². The number of ether oxygens (including phenoxy) is 3. The van der Waals surface area contributed by atoms with Crippen molar-refractivity contribution < 1.29 is 43.0 Å². The number of hydrogen-bond donors (Lipinski definition) is 4. The Hall–Kier alpha value is -5.05. The number of oxime groups is 1. The van der Waals surface area contributed by atoms with Crippen molar-refractivity contribution in [1.29, 1.82) is 0 Å². The SMILES string of the molecule is C.CCC[C@H](NC(=O)[C@@H]1C[C@]2(CC(c3cccc(Cl)c3)=NO2)CN1C(=O)[C@@H](NC(=O)NCc1cc(OC)c(OC)c(OC)c1)C(C)(C)C)C(=O)C(=O)NC1CC1. The number of carbonyl (C=O) groups is 5. The van der Waals surface area contributed by atoms with Crippen molar-refractivity contribution in [1.82, 2.24) is 26.2 Å². The number of methoxy groups -OCH3 is 3. The van der Waals surface area contributed by atoms with Gasteiger partial charge in [0, 0.05) is 36.0 Å². The Balaban J connectivity index is 0.00000696. The first-order chi connectivity index (χ1) is 26.1. The zero-order chi connectivity index (χ0) is 40.1. The van der Waals surface area contributed by atoms with Gasteiger partial charge in [0.1, 0.15) is 12.1 Å². The van der Waals surface area contributed by atoms with Crippen LogP contribution in [0.15, 0.2) is 41.6 Å². The van der Waals surface area contributed by atoms with E-state index in [0.29, 0.717) is 40.0 Å². The molecule has 0 radical (unpaired) electrons. The highest BCUT2D eigenvalue weighted by Crippen LogP contribution is 2.41. The van der Waals surface area contributed by atoms with Crippen molar-refractivity contribution in [3.8, 4) is 17.2 Å². The molecule has 1 spiro atoms. The first kappa shape index (κ1) is 43.7. The number of nitrogens with zero attached hydrogens (tertiary/aromatic N) is 2. The molecule has 5 rings (SSSR count). The molecule has 1 saturated heterocycles. The molecule has 15 nitrogen and oxygen atoms in total. The van der Waals surface area contributed by atoms with Gasteiger partial charge in [-0.05, 0) is 54.5 Å². The highest BCUT2D eigenvalue weighted by Gasteiger charge is 2.55. The molecule has 0 bridgehead atoms. The quantitative estimate of drug-likeness (QED) is 0.188. The van der Waals surface area contributed by atoms with Gasteiger partial charge in [0.15, 0.2) is 17.1 Å². The first-order valence-electron chi connectivity index (χ1n) is 18.4. The fraction of sp³-hybridized carbons (Fsp3) is 0.550. The lowest BCUT2D eigenvalue weighted by molar-refractivity contribution is -0.144. The molecule has 16 heteroatoms. The molecule has 0 unspecified atom stereocenters. The molecule has 2 fully saturated rings. The van der Waals surface area contributed by atoms with E-state index in [9.17, 15) is 24.0 Å². The lowest BCUT2D eigenvalue weighted by Crippen LogP contribution is -2.60. The smallest absolute Gasteiger partial charge is 0.315 e. The molecule has 4 atom stereocenters. The average Bonchev–Trinajstić information content (AvgIpc) is 3.75. The van der Waals surface area contributed by atoms with Gasteiger partial charge in [0.2, 0.25) is 23.3 Å². The van der Waals surface area contributed by atoms with Gasteiger partial charge in [-0.2, -0.15) is 0 Å². The van der Waals surface area contributed by atoms with Crippen LogP contribution in [0.2, 0.25) is 5.02 Å². The number of carbonyl (C=O) groups excluding carboxylic acids is 5. The van der Waals surface area contributed by atoms with Crippen LogP contribution < -0.4 is 35.5 Å². The second-order valence-electron chi connectivity index (χ2n) is 15.3. The van der Waals surface area contributed by atoms with E-state index < -0.39 is 58.7 Å². The van der Waals surface area contributed by atoms with E-state index in [0.717, 1.165) is 18.4 Å². The highest BCUT2D eigenvalue weighted by atomic mass is 35.5. The molecular formula is C40H55ClN6O9. The minimum Gasteiger partial charge on any atom is -0.493 e. The van der Waals surface area contributed by atoms with E-state index in [1.165, 1.54) is 26.2 Å². The second-order valence-corrected chi connectivity index (χ2v) is 15.7. The molecular weight excluding hydrogens is 744 g/mol. The second kappa shape index (κ2) is 18.3. The molecule has 2 heterocycles. The van der Waals surface area contributed by atoms with Crippen LogP contribution in [0.4, 0.5) is 4.79 Å². The van der Waals surface area contributed by atoms with Crippen LogP contribution in [0.1, 0.15) is 84.8 Å². The van der Waals surface area contributed by atoms with E-state index in [-0.39, 0.29) is 45.8 Å². The van der Waals surface area contributed by atoms with Crippen molar-refractivity contribution >= 4 is 46.8 Å². The number of Topliss-reactive ketones (excluding diaryl/α,β-unsaturated/α-hetero) is 1. The highest BCUT2D eigenvalue weighted by molar-refractivity contribution is 6.38. The van der Waals surface area contributed by atoms with Gasteiger partial charge in [-0.1, -0.05) is 70.4 Å². The molecule has 2 aliphatic heterocycles. The summed E-state index contributed by atoms with van der Waals surface area (Å²) >= 11 is 6.26. The van der Waals surface area contributed by atoms with Crippen LogP contribution >= 0.6 is 11.6 Å². The molecule has 306 valence electrons. The van der Waals surface area contributed by atoms with E-state index in [2.05, 4.69) is 26.4 Å². The van der Waals surface area contributed by atoms with Gasteiger partial charge in [-0.15, -0.1) is 0 Å². The predicted octanol–water partition coefficient (Wildman–Crippen LogP) is 4.51. The molecule has 4 N–H and O–H groups in total. The van der Waals surface area contributed by atoms with Crippen LogP contribution in [0.5, 0.6) is 17.2 Å². The number of amides is 5. The Morgan fingerprint density at radius 3 is 2.27 bits per heavy atom. The van der Waals surface area contributed by atoms with Gasteiger partial charge >= 0.3 is 6.03 Å². The third-order valence-corrected chi connectivity index (χ3v) is 10.1. The summed E-state index contributed by atoms with van der Waals surface area (Å²) < 4.78 is 16.3. The van der Waals surface area contributed by atoms with Crippen molar-refractivity contribution in [2.45, 2.75) is 110 Å². The number of likely N-dealkylation sites (tertiary alicyclic amines) is 1. The maximum absolute atomic E-state index is 14.7. The summed E-state index contributed by atoms with van der Waals surface area (Å²) in [6.45, 7) is 7.28. The molecule has 1 aliphatic carbocycles. The third-order valence-electron chi connectivity index (χ3n) is 9.90. The van der Waals surface area contributed by atoms with E-state index in [1.807, 2.05) is 13.0 Å². The van der Waals surface area contributed by atoms with E-state index in [1.54, 1.807) is 51.1 Å². The topological polar surface area (TPSA) is 186 Å². The number of hydrogen-bond acceptors (Lipinski definition) is 10. The summed E-state index contributed by atoms with van der Waals surface area (Å²) in [5, 5.41) is 16.0. The average molecular weight is 799 g/mol. The van der Waals surface area contributed by atoms with Crippen LogP contribution in [0.3, 0.4) is 0 Å². The Bertz CT molecular complexity index is 1800. The summed E-state index contributed by atoms with van der Waals surface area (Å²) in [7, 11) is 4.48. The molecule has 3 aliphatic rings. The third kappa shape index (κ3) is 10.2. The summed E-state index contributed by atoms with van der Waals surface area (Å²) in [6.07, 6.45) is 2.66. The number of urea groups is 1. The fourth-order valence-electron chi connectivity index (χ4n) is 6.84. The summed E-state index contributed by atoms with van der Waals surface area (Å²) in [5.74, 6) is -1.40. The summed E-state index contributed by atoms with van der Waals surface area (Å²) in [5.41, 5.74) is 0.0857. The van der Waals surface area contributed by atoms with Crippen LogP contribution in [0.25, 0.3) is 0 Å². The molecule has 2 aromatic rings. The Morgan fingerprint density at radius 1 is 1.02 bits per heavy atom. The van der Waals surface area contributed by atoms with Gasteiger partial charge in [0.05, 0.1) is 39.6 Å². The number of halogens is 1. The molecule has 1 saturated carbocycles. The van der Waals surface area contributed by atoms with Crippen molar-refractivity contribution in [3.63, 3.8) is 0 Å². The zero-order valence-corrected chi connectivity index (χ0v) is 33.1. The van der Waals surface area contributed by atoms with Gasteiger partial charge in [-0.25, -0.2) is 4.79 Å². The molecule has 0 aromatic heterocycles. The van der Waals surface area contributed by atoms with Gasteiger partial charge < -0.3 is 45.2 Å². The van der Waals surface area contributed by atoms with Crippen molar-refractivity contribution in [3.05, 3.63) is 52.5 Å². The molecule has 5 amide bonds. The predicted molar refractivity (Wildman–Crippen MR) is 211 cm³/mol. The molecule has 56 heavy (non-hydrogen) atoms. The normalized spacial score (nSPS) is 19.8. The minimum absolute atomic E-state index is 0. The van der Waals surface area contributed by atoms with Crippen molar-refractivity contribution in [2.75, 3.05) is 27.9 Å². The number of rotatable bonds is 15. The number of benzene rings is 2. The fourth-order valence-corrected chi connectivity index (χ4v) is 7.03. The maximum Gasteiger partial charge on any atom is 0.315 e. The minimum atomic E-state index is -1.12. The standard InChI is InChI=1S/C39H51ClN6O9.CH4/c1-8-10-26(31(47)35(49)42-25-13-14-25)43-34(48)28-19-39(18-27(45-55-39)23-11-9-12-24(40)17-23)21-46(28)36(50)33(38(2,3)4)44-37(51)41-20-22-15-29(52-5)32(54-7)30(16-22)53-6;/h9,11-12,15-17,25-26,28,33H,8,10,13-14,18-21H2,1-7H3,(H,42,49)(H,43,48)(H2,41,44,51);1H4/t26-,28-,33+,39+;/m0./s1. The number of ketones is 1. The number of nitrogens with one attached hydrogen (secondary N) is 4. The lowest BCUT2D eigenvalue weighted by atomic mass is 9.85. The summed E-state index contributed by atoms with van der Waals surface area (Å²) in [6, 6.07) is 6.57. The van der Waals surface area contributed by atoms with Gasteiger partial charge in [-0.3, -0.25) is 19.2 Å². The monoisotopic (exact) mass is 798 g/mol. The largest absolute Gasteiger partial charge is 0.493 e. The lowest BCUT2D eigenvalue weighted by Gasteiger charge is -2.35. The molecule has 2 aromatic carbocycles. The first-order valence-corrected chi connectivity index (χ1v) is 18.8. The van der Waals surface area contributed by atoms with Crippen molar-refractivity contribution in [2.24, 2.45) is 10.6 Å². The summed E-state index contributed by atoms with van der Waals surface area (Å²) in [4.78, 5) is 75.8. The van der Waals surface area contributed by atoms with Gasteiger partial charge in [0.25, 0.3) is 5.91 Å².